The van der Waals surface area contributed by atoms with Gasteiger partial charge in [-0.05, 0) is 50.4 Å². The van der Waals surface area contributed by atoms with Gasteiger partial charge >= 0.3 is 0 Å². The largest absolute Gasteiger partial charge is 0.497 e. The topological polar surface area (TPSA) is 79.9 Å². The number of carbonyl (C=O) groups excluding carboxylic acids is 2. The fourth-order valence-corrected chi connectivity index (χ4v) is 5.45. The van der Waals surface area contributed by atoms with Crippen molar-refractivity contribution in [2.24, 2.45) is 17.8 Å². The number of hydrogen-bond acceptors (Lipinski definition) is 5. The number of carbonyl (C=O) groups is 2. The number of ether oxygens (including phenoxy) is 2. The van der Waals surface area contributed by atoms with Crippen LogP contribution >= 0.6 is 0 Å². The van der Waals surface area contributed by atoms with E-state index in [0.717, 1.165) is 38.9 Å². The van der Waals surface area contributed by atoms with Gasteiger partial charge in [-0.25, -0.2) is 0 Å². The van der Waals surface area contributed by atoms with Crippen LogP contribution in [0.3, 0.4) is 0 Å². The molecular weight excluding hydrogens is 382 g/mol. The minimum atomic E-state index is -0.711. The molecule has 4 atom stereocenters. The first kappa shape index (κ1) is 21.0. The number of amides is 2. The van der Waals surface area contributed by atoms with Gasteiger partial charge in [-0.1, -0.05) is 13.8 Å². The number of methoxy groups -OCH3 is 1. The predicted molar refractivity (Wildman–Crippen MR) is 114 cm³/mol. The third kappa shape index (κ3) is 3.75. The van der Waals surface area contributed by atoms with E-state index in [1.807, 2.05) is 0 Å². The predicted octanol–water partition coefficient (Wildman–Crippen LogP) is 2.41. The van der Waals surface area contributed by atoms with Crippen LogP contribution < -0.4 is 20.1 Å². The maximum atomic E-state index is 12.9. The van der Waals surface area contributed by atoms with E-state index >= 15 is 0 Å². The van der Waals surface area contributed by atoms with E-state index in [9.17, 15) is 9.59 Å². The molecular formula is C23H33N3O4. The standard InChI is InChI=1S/C23H33N3O4/c1-4-26(5-2)11-10-24-21(27)19-12-16-7-6-15(19)14-23(16)25-22(28)18-9-8-17(29-3)13-20(18)30-23/h8-9,13,15-16,19H,4-7,10-12,14H2,1-3H3,(H,24,27)(H,25,28)/t15-,16-,19+,23+/m1/s1. The van der Waals surface area contributed by atoms with Crippen molar-refractivity contribution in [3.05, 3.63) is 23.8 Å². The van der Waals surface area contributed by atoms with E-state index in [-0.39, 0.29) is 29.6 Å². The Morgan fingerprint density at radius 3 is 2.80 bits per heavy atom. The number of likely N-dealkylation sites (N-methyl/N-ethyl adjacent to an activating group) is 1. The fourth-order valence-electron chi connectivity index (χ4n) is 5.45. The highest BCUT2D eigenvalue weighted by molar-refractivity contribution is 5.98. The Bertz CT molecular complexity index is 810. The van der Waals surface area contributed by atoms with E-state index in [1.165, 1.54) is 0 Å². The molecule has 3 fully saturated rings. The molecule has 1 aromatic carbocycles. The molecule has 164 valence electrons. The minimum Gasteiger partial charge on any atom is -0.497 e. The molecule has 4 aliphatic rings. The number of nitrogens with one attached hydrogen (secondary N) is 2. The van der Waals surface area contributed by atoms with Crippen LogP contribution in [0, 0.1) is 17.8 Å². The third-order valence-corrected chi connectivity index (χ3v) is 7.23. The van der Waals surface area contributed by atoms with Gasteiger partial charge in [0.05, 0.1) is 12.7 Å². The summed E-state index contributed by atoms with van der Waals surface area (Å²) < 4.78 is 11.7. The van der Waals surface area contributed by atoms with Crippen LogP contribution in [-0.4, -0.2) is 55.7 Å². The lowest BCUT2D eigenvalue weighted by atomic mass is 9.60. The summed E-state index contributed by atoms with van der Waals surface area (Å²) in [5.41, 5.74) is -0.175. The Labute approximate surface area is 178 Å². The summed E-state index contributed by atoms with van der Waals surface area (Å²) in [6.07, 6.45) is 3.40. The van der Waals surface area contributed by atoms with Gasteiger partial charge in [0, 0.05) is 37.4 Å². The van der Waals surface area contributed by atoms with Crippen LogP contribution in [0.4, 0.5) is 0 Å². The highest BCUT2D eigenvalue weighted by Crippen LogP contribution is 2.52. The van der Waals surface area contributed by atoms with Crippen molar-refractivity contribution in [1.29, 1.82) is 0 Å². The molecule has 5 rings (SSSR count). The monoisotopic (exact) mass is 415 g/mol. The molecule has 0 radical (unpaired) electrons. The molecule has 30 heavy (non-hydrogen) atoms. The lowest BCUT2D eigenvalue weighted by molar-refractivity contribution is -0.146. The molecule has 1 spiro atoms. The van der Waals surface area contributed by atoms with E-state index < -0.39 is 5.72 Å². The lowest BCUT2D eigenvalue weighted by Gasteiger charge is -2.55. The van der Waals surface area contributed by atoms with Crippen molar-refractivity contribution in [2.75, 3.05) is 33.3 Å². The third-order valence-electron chi connectivity index (χ3n) is 7.23. The highest BCUT2D eigenvalue weighted by Gasteiger charge is 2.57. The summed E-state index contributed by atoms with van der Waals surface area (Å²) in [6.45, 7) is 7.81. The summed E-state index contributed by atoms with van der Waals surface area (Å²) >= 11 is 0. The summed E-state index contributed by atoms with van der Waals surface area (Å²) in [4.78, 5) is 28.0. The van der Waals surface area contributed by atoms with Crippen LogP contribution in [0.15, 0.2) is 18.2 Å². The first-order chi connectivity index (χ1) is 14.5. The van der Waals surface area contributed by atoms with Crippen molar-refractivity contribution in [1.82, 2.24) is 15.5 Å². The first-order valence-electron chi connectivity index (χ1n) is 11.2. The second kappa shape index (κ2) is 8.46. The van der Waals surface area contributed by atoms with Crippen LogP contribution in [0.25, 0.3) is 0 Å². The summed E-state index contributed by atoms with van der Waals surface area (Å²) in [6, 6.07) is 5.30. The molecule has 1 heterocycles. The van der Waals surface area contributed by atoms with Gasteiger partial charge in [0.2, 0.25) is 5.91 Å². The Morgan fingerprint density at radius 2 is 2.13 bits per heavy atom. The molecule has 3 saturated carbocycles. The molecule has 1 aromatic rings. The van der Waals surface area contributed by atoms with Crippen molar-refractivity contribution in [3.63, 3.8) is 0 Å². The Hall–Kier alpha value is -2.28. The summed E-state index contributed by atoms with van der Waals surface area (Å²) in [5, 5.41) is 6.29. The zero-order chi connectivity index (χ0) is 21.3. The van der Waals surface area contributed by atoms with E-state index in [2.05, 4.69) is 29.4 Å². The summed E-state index contributed by atoms with van der Waals surface area (Å²) in [7, 11) is 1.60. The average molecular weight is 416 g/mol. The molecule has 0 aromatic heterocycles. The van der Waals surface area contributed by atoms with Gasteiger partial charge in [-0.2, -0.15) is 0 Å². The van der Waals surface area contributed by atoms with Crippen LogP contribution in [0.5, 0.6) is 11.5 Å². The van der Waals surface area contributed by atoms with Gasteiger partial charge in [0.1, 0.15) is 11.5 Å². The zero-order valence-electron chi connectivity index (χ0n) is 18.2. The number of nitrogens with zero attached hydrogens (tertiary/aromatic N) is 1. The van der Waals surface area contributed by atoms with Crippen LogP contribution in [0.2, 0.25) is 0 Å². The fraction of sp³-hybridized carbons (Fsp3) is 0.652. The second-order valence-corrected chi connectivity index (χ2v) is 8.71. The number of hydrogen-bond donors (Lipinski definition) is 2. The van der Waals surface area contributed by atoms with Gasteiger partial charge < -0.3 is 25.0 Å². The lowest BCUT2D eigenvalue weighted by Crippen LogP contribution is -2.67. The molecule has 1 aliphatic heterocycles. The molecule has 0 unspecified atom stereocenters. The highest BCUT2D eigenvalue weighted by atomic mass is 16.5. The van der Waals surface area contributed by atoms with E-state index in [0.29, 0.717) is 30.0 Å². The van der Waals surface area contributed by atoms with Crippen LogP contribution in [-0.2, 0) is 4.79 Å². The minimum absolute atomic E-state index is 0.00159. The molecule has 7 heteroatoms. The average Bonchev–Trinajstić information content (AvgIpc) is 2.76. The second-order valence-electron chi connectivity index (χ2n) is 8.71. The normalized spacial score (nSPS) is 29.3. The number of rotatable bonds is 7. The number of benzene rings is 1. The molecule has 3 aliphatic carbocycles. The zero-order valence-corrected chi connectivity index (χ0v) is 18.2. The molecule has 7 nitrogen and oxygen atoms in total. The number of fused-ring (bicyclic) bond motifs is 3. The van der Waals surface area contributed by atoms with Crippen molar-refractivity contribution < 1.29 is 19.1 Å². The van der Waals surface area contributed by atoms with E-state index in [4.69, 9.17) is 9.47 Å². The van der Waals surface area contributed by atoms with Gasteiger partial charge in [-0.15, -0.1) is 0 Å². The maximum absolute atomic E-state index is 12.9. The van der Waals surface area contributed by atoms with Crippen molar-refractivity contribution in [2.45, 2.75) is 45.3 Å². The molecule has 2 amide bonds. The first-order valence-corrected chi connectivity index (χ1v) is 11.2. The Kier molecular flexibility index (Phi) is 5.91. The SMILES string of the molecule is CCN(CC)CCNC(=O)[C@H]1C[C@H]2CC[C@@H]1C[C@@]21NC(=O)c2ccc(OC)cc2O1. The van der Waals surface area contributed by atoms with Crippen LogP contribution in [0.1, 0.15) is 49.9 Å². The quantitative estimate of drug-likeness (QED) is 0.715. The molecule has 0 saturated heterocycles. The van der Waals surface area contributed by atoms with Crippen molar-refractivity contribution >= 4 is 11.8 Å². The Morgan fingerprint density at radius 1 is 1.33 bits per heavy atom. The molecule has 2 bridgehead atoms. The van der Waals surface area contributed by atoms with Gasteiger partial charge in [-0.3, -0.25) is 9.59 Å². The van der Waals surface area contributed by atoms with E-state index in [1.54, 1.807) is 25.3 Å². The summed E-state index contributed by atoms with van der Waals surface area (Å²) in [5.74, 6) is 1.64. The van der Waals surface area contributed by atoms with Crippen molar-refractivity contribution in [3.8, 4) is 11.5 Å². The maximum Gasteiger partial charge on any atom is 0.258 e. The molecule has 2 N–H and O–H groups in total. The van der Waals surface area contributed by atoms with Gasteiger partial charge in [0.25, 0.3) is 5.91 Å². The van der Waals surface area contributed by atoms with Gasteiger partial charge in [0.15, 0.2) is 5.72 Å². The smallest absolute Gasteiger partial charge is 0.258 e. The Balaban J connectivity index is 1.44.